The van der Waals surface area contributed by atoms with Gasteiger partial charge in [-0.1, -0.05) is 6.07 Å². The number of nitrogens with one attached hydrogen (secondary N) is 1. The Morgan fingerprint density at radius 2 is 1.91 bits per heavy atom. The van der Waals surface area contributed by atoms with Crippen LogP contribution in [0.3, 0.4) is 0 Å². The van der Waals surface area contributed by atoms with Crippen LogP contribution < -0.4 is 5.32 Å². The van der Waals surface area contributed by atoms with Crippen molar-refractivity contribution >= 4 is 5.91 Å². The molecule has 3 aromatic heterocycles. The normalized spacial score (nSPS) is 10.3. The van der Waals surface area contributed by atoms with Crippen LogP contribution in [0.25, 0.3) is 11.3 Å². The molecule has 0 saturated carbocycles. The van der Waals surface area contributed by atoms with Gasteiger partial charge in [-0.15, -0.1) is 0 Å². The van der Waals surface area contributed by atoms with Crippen LogP contribution in [0, 0.1) is 6.92 Å². The lowest BCUT2D eigenvalue weighted by Crippen LogP contribution is -2.24. The van der Waals surface area contributed by atoms with Crippen LogP contribution >= 0.6 is 0 Å². The van der Waals surface area contributed by atoms with E-state index in [4.69, 9.17) is 0 Å². The van der Waals surface area contributed by atoms with E-state index in [1.165, 1.54) is 6.20 Å². The number of carbonyl (C=O) groups excluding carboxylic acids is 1. The summed E-state index contributed by atoms with van der Waals surface area (Å²) in [7, 11) is 0. The fourth-order valence-corrected chi connectivity index (χ4v) is 2.12. The fourth-order valence-electron chi connectivity index (χ4n) is 2.12. The number of rotatable bonds is 4. The monoisotopic (exact) mass is 305 g/mol. The molecule has 0 saturated heterocycles. The quantitative estimate of drug-likeness (QED) is 0.799. The molecular weight excluding hydrogens is 290 g/mol. The Bertz CT molecular complexity index is 803. The molecule has 0 aliphatic heterocycles. The molecule has 0 aromatic carbocycles. The van der Waals surface area contributed by atoms with Crippen LogP contribution in [0.2, 0.25) is 0 Å². The average molecular weight is 305 g/mol. The smallest absolute Gasteiger partial charge is 0.271 e. The van der Waals surface area contributed by atoms with E-state index in [1.807, 2.05) is 31.2 Å². The second-order valence-corrected chi connectivity index (χ2v) is 4.98. The summed E-state index contributed by atoms with van der Waals surface area (Å²) in [5.74, 6) is -0.265. The molecule has 3 rings (SSSR count). The molecular formula is C17H15N5O. The van der Waals surface area contributed by atoms with E-state index in [9.17, 15) is 4.79 Å². The first kappa shape index (κ1) is 14.8. The minimum atomic E-state index is -0.265. The van der Waals surface area contributed by atoms with E-state index >= 15 is 0 Å². The van der Waals surface area contributed by atoms with Gasteiger partial charge in [0.15, 0.2) is 0 Å². The zero-order valence-electron chi connectivity index (χ0n) is 12.6. The second kappa shape index (κ2) is 6.74. The molecule has 0 fully saturated rings. The number of pyridine rings is 2. The number of aryl methyl sites for hydroxylation is 1. The average Bonchev–Trinajstić information content (AvgIpc) is 2.61. The topological polar surface area (TPSA) is 80.7 Å². The van der Waals surface area contributed by atoms with Gasteiger partial charge in [0.25, 0.3) is 5.91 Å². The van der Waals surface area contributed by atoms with E-state index in [1.54, 1.807) is 24.8 Å². The highest BCUT2D eigenvalue weighted by molar-refractivity contribution is 5.91. The summed E-state index contributed by atoms with van der Waals surface area (Å²) in [4.78, 5) is 28.8. The summed E-state index contributed by atoms with van der Waals surface area (Å²) in [6.07, 6.45) is 8.22. The van der Waals surface area contributed by atoms with E-state index in [2.05, 4.69) is 25.3 Å². The Balaban J connectivity index is 1.76. The van der Waals surface area contributed by atoms with Gasteiger partial charge in [-0.3, -0.25) is 19.7 Å². The largest absolute Gasteiger partial charge is 0.346 e. The van der Waals surface area contributed by atoms with Crippen LogP contribution in [-0.2, 0) is 6.54 Å². The highest BCUT2D eigenvalue weighted by atomic mass is 16.1. The van der Waals surface area contributed by atoms with Gasteiger partial charge in [0.2, 0.25) is 0 Å². The van der Waals surface area contributed by atoms with Crippen molar-refractivity contribution in [3.05, 3.63) is 72.2 Å². The van der Waals surface area contributed by atoms with Crippen molar-refractivity contribution in [1.29, 1.82) is 0 Å². The Hall–Kier alpha value is -3.15. The number of amides is 1. The molecule has 0 aliphatic rings. The number of nitrogens with zero attached hydrogens (tertiary/aromatic N) is 4. The fraction of sp³-hybridized carbons (Fsp3) is 0.118. The SMILES string of the molecule is Cc1cnc(C(=O)NCc2cccnc2-c2cccnc2)cn1. The summed E-state index contributed by atoms with van der Waals surface area (Å²) >= 11 is 0. The Morgan fingerprint density at radius 1 is 1.04 bits per heavy atom. The number of hydrogen-bond donors (Lipinski definition) is 1. The third-order valence-corrected chi connectivity index (χ3v) is 3.28. The summed E-state index contributed by atoms with van der Waals surface area (Å²) in [5.41, 5.74) is 3.69. The van der Waals surface area contributed by atoms with Gasteiger partial charge in [0, 0.05) is 36.9 Å². The summed E-state index contributed by atoms with van der Waals surface area (Å²) < 4.78 is 0. The standard InChI is InChI=1S/C17H15N5O/c1-12-8-21-15(11-20-12)17(23)22-10-14-5-3-7-19-16(14)13-4-2-6-18-9-13/h2-9,11H,10H2,1H3,(H,22,23). The first-order valence-electron chi connectivity index (χ1n) is 7.15. The van der Waals surface area contributed by atoms with Gasteiger partial charge in [-0.25, -0.2) is 4.98 Å². The predicted octanol–water partition coefficient (Wildman–Crippen LogP) is 2.17. The van der Waals surface area contributed by atoms with Crippen molar-refractivity contribution in [2.75, 3.05) is 0 Å². The maximum absolute atomic E-state index is 12.1. The summed E-state index contributed by atoms with van der Waals surface area (Å²) in [6, 6.07) is 7.56. The van der Waals surface area contributed by atoms with Gasteiger partial charge >= 0.3 is 0 Å². The molecule has 0 aliphatic carbocycles. The maximum atomic E-state index is 12.1. The van der Waals surface area contributed by atoms with Gasteiger partial charge in [-0.05, 0) is 30.7 Å². The van der Waals surface area contributed by atoms with E-state index in [0.717, 1.165) is 22.5 Å². The predicted molar refractivity (Wildman–Crippen MR) is 85.4 cm³/mol. The number of aromatic nitrogens is 4. The van der Waals surface area contributed by atoms with Crippen molar-refractivity contribution in [3.8, 4) is 11.3 Å². The first-order valence-corrected chi connectivity index (χ1v) is 7.15. The first-order chi connectivity index (χ1) is 11.2. The molecule has 1 N–H and O–H groups in total. The maximum Gasteiger partial charge on any atom is 0.271 e. The molecule has 1 amide bonds. The number of hydrogen-bond acceptors (Lipinski definition) is 5. The molecule has 6 heteroatoms. The van der Waals surface area contributed by atoms with Crippen molar-refractivity contribution in [2.24, 2.45) is 0 Å². The van der Waals surface area contributed by atoms with E-state index in [0.29, 0.717) is 12.2 Å². The van der Waals surface area contributed by atoms with Crippen LogP contribution in [-0.4, -0.2) is 25.8 Å². The van der Waals surface area contributed by atoms with Crippen LogP contribution in [0.5, 0.6) is 0 Å². The van der Waals surface area contributed by atoms with Gasteiger partial charge in [0.1, 0.15) is 5.69 Å². The Kier molecular flexibility index (Phi) is 4.33. The lowest BCUT2D eigenvalue weighted by atomic mass is 10.1. The van der Waals surface area contributed by atoms with Crippen molar-refractivity contribution < 1.29 is 4.79 Å². The molecule has 0 bridgehead atoms. The highest BCUT2D eigenvalue weighted by Crippen LogP contribution is 2.19. The van der Waals surface area contributed by atoms with E-state index < -0.39 is 0 Å². The van der Waals surface area contributed by atoms with Crippen LogP contribution in [0.15, 0.2) is 55.2 Å². The summed E-state index contributed by atoms with van der Waals surface area (Å²) in [5, 5.41) is 2.84. The van der Waals surface area contributed by atoms with Crippen molar-refractivity contribution in [3.63, 3.8) is 0 Å². The molecule has 114 valence electrons. The van der Waals surface area contributed by atoms with Gasteiger partial charge < -0.3 is 5.32 Å². The Morgan fingerprint density at radius 3 is 2.65 bits per heavy atom. The molecule has 0 radical (unpaired) electrons. The molecule has 3 aromatic rings. The van der Waals surface area contributed by atoms with E-state index in [-0.39, 0.29) is 5.91 Å². The highest BCUT2D eigenvalue weighted by Gasteiger charge is 2.10. The van der Waals surface area contributed by atoms with Crippen molar-refractivity contribution in [1.82, 2.24) is 25.3 Å². The molecule has 0 spiro atoms. The lowest BCUT2D eigenvalue weighted by Gasteiger charge is -2.09. The third kappa shape index (κ3) is 3.55. The summed E-state index contributed by atoms with van der Waals surface area (Å²) in [6.45, 7) is 2.18. The molecule has 0 atom stereocenters. The third-order valence-electron chi connectivity index (χ3n) is 3.28. The molecule has 0 unspecified atom stereocenters. The molecule has 6 nitrogen and oxygen atoms in total. The van der Waals surface area contributed by atoms with Gasteiger partial charge in [0.05, 0.1) is 17.6 Å². The minimum absolute atomic E-state index is 0.265. The molecule has 23 heavy (non-hydrogen) atoms. The van der Waals surface area contributed by atoms with Gasteiger partial charge in [-0.2, -0.15) is 0 Å². The Labute approximate surface area is 133 Å². The lowest BCUT2D eigenvalue weighted by molar-refractivity contribution is 0.0945. The zero-order chi connectivity index (χ0) is 16.1. The van der Waals surface area contributed by atoms with Crippen LogP contribution in [0.4, 0.5) is 0 Å². The van der Waals surface area contributed by atoms with Crippen LogP contribution in [0.1, 0.15) is 21.7 Å². The van der Waals surface area contributed by atoms with Crippen molar-refractivity contribution in [2.45, 2.75) is 13.5 Å². The second-order valence-electron chi connectivity index (χ2n) is 4.98. The minimum Gasteiger partial charge on any atom is -0.346 e. The zero-order valence-corrected chi connectivity index (χ0v) is 12.6. The molecule has 3 heterocycles. The number of carbonyl (C=O) groups is 1.